The molecule has 0 atom stereocenters. The van der Waals surface area contributed by atoms with E-state index in [0.29, 0.717) is 17.7 Å². The highest BCUT2D eigenvalue weighted by atomic mass is 79.9. The van der Waals surface area contributed by atoms with Crippen molar-refractivity contribution in [2.45, 2.75) is 6.54 Å². The fraction of sp³-hybridized carbons (Fsp3) is 0.294. The fourth-order valence-electron chi connectivity index (χ4n) is 2.57. The summed E-state index contributed by atoms with van der Waals surface area (Å²) in [6, 6.07) is 8.11. The number of benzene rings is 1. The normalized spacial score (nSPS) is 14.5. The van der Waals surface area contributed by atoms with Gasteiger partial charge in [0.1, 0.15) is 11.6 Å². The molecular weight excluding hydrogens is 377 g/mol. The first-order valence-electron chi connectivity index (χ1n) is 7.65. The fourth-order valence-corrected chi connectivity index (χ4v) is 2.91. The van der Waals surface area contributed by atoms with Gasteiger partial charge in [0, 0.05) is 35.9 Å². The Kier molecular flexibility index (Phi) is 5.42. The van der Waals surface area contributed by atoms with Crippen LogP contribution in [0.1, 0.15) is 15.9 Å². The number of pyridine rings is 1. The number of hydrogen-bond acceptors (Lipinski definition) is 4. The maximum absolute atomic E-state index is 13.9. The van der Waals surface area contributed by atoms with Gasteiger partial charge in [0.15, 0.2) is 0 Å². The molecule has 0 spiro atoms. The van der Waals surface area contributed by atoms with E-state index < -0.39 is 11.7 Å². The third kappa shape index (κ3) is 3.91. The summed E-state index contributed by atoms with van der Waals surface area (Å²) >= 11 is 3.18. The van der Waals surface area contributed by atoms with E-state index >= 15 is 0 Å². The van der Waals surface area contributed by atoms with Crippen LogP contribution < -0.4 is 10.2 Å². The Hall–Kier alpha value is -1.99. The van der Waals surface area contributed by atoms with Crippen LogP contribution in [0.25, 0.3) is 0 Å². The first kappa shape index (κ1) is 16.9. The molecule has 1 saturated heterocycles. The lowest BCUT2D eigenvalue weighted by molar-refractivity contribution is 0.0946. The van der Waals surface area contributed by atoms with E-state index in [1.807, 2.05) is 12.1 Å². The summed E-state index contributed by atoms with van der Waals surface area (Å²) in [5, 5.41) is 2.76. The van der Waals surface area contributed by atoms with Crippen LogP contribution in [0.5, 0.6) is 0 Å². The molecule has 1 aromatic heterocycles. The van der Waals surface area contributed by atoms with Crippen LogP contribution in [0.2, 0.25) is 0 Å². The number of carbonyl (C=O) groups excluding carboxylic acids is 1. The number of anilines is 1. The van der Waals surface area contributed by atoms with Gasteiger partial charge in [0.05, 0.1) is 18.8 Å². The molecule has 5 nitrogen and oxygen atoms in total. The average molecular weight is 394 g/mol. The summed E-state index contributed by atoms with van der Waals surface area (Å²) in [5.74, 6) is -0.171. The molecule has 0 bridgehead atoms. The lowest BCUT2D eigenvalue weighted by atomic mass is 10.2. The highest BCUT2D eigenvalue weighted by Crippen LogP contribution is 2.19. The Morgan fingerprint density at radius 2 is 2.12 bits per heavy atom. The Bertz CT molecular complexity index is 736. The summed E-state index contributed by atoms with van der Waals surface area (Å²) in [7, 11) is 0. The SMILES string of the molecule is O=C(NCc1cccnc1N1CCOCC1)c1ccc(Br)cc1F. The standard InChI is InChI=1S/C17H17BrFN3O2/c18-13-3-4-14(15(19)10-13)17(23)21-11-12-2-1-5-20-16(12)22-6-8-24-9-7-22/h1-5,10H,6-9,11H2,(H,21,23). The van der Waals surface area contributed by atoms with E-state index in [-0.39, 0.29) is 12.1 Å². The quantitative estimate of drug-likeness (QED) is 0.867. The monoisotopic (exact) mass is 393 g/mol. The largest absolute Gasteiger partial charge is 0.378 e. The van der Waals surface area contributed by atoms with Gasteiger partial charge in [-0.3, -0.25) is 4.79 Å². The second kappa shape index (κ2) is 7.72. The van der Waals surface area contributed by atoms with Crippen LogP contribution in [0.15, 0.2) is 41.0 Å². The van der Waals surface area contributed by atoms with Crippen LogP contribution >= 0.6 is 15.9 Å². The molecule has 1 N–H and O–H groups in total. The highest BCUT2D eigenvalue weighted by Gasteiger charge is 2.17. The number of amides is 1. The molecule has 3 rings (SSSR count). The Balaban J connectivity index is 1.71. The Labute approximate surface area is 148 Å². The molecule has 24 heavy (non-hydrogen) atoms. The zero-order valence-corrected chi connectivity index (χ0v) is 14.6. The van der Waals surface area contributed by atoms with Gasteiger partial charge in [-0.05, 0) is 24.3 Å². The summed E-state index contributed by atoms with van der Waals surface area (Å²) in [5.41, 5.74) is 0.917. The molecule has 1 amide bonds. The lowest BCUT2D eigenvalue weighted by Gasteiger charge is -2.29. The molecule has 0 aliphatic carbocycles. The van der Waals surface area contributed by atoms with Crippen molar-refractivity contribution >= 4 is 27.7 Å². The molecule has 7 heteroatoms. The van der Waals surface area contributed by atoms with Gasteiger partial charge >= 0.3 is 0 Å². The van der Waals surface area contributed by atoms with Crippen molar-refractivity contribution in [2.75, 3.05) is 31.2 Å². The van der Waals surface area contributed by atoms with Crippen molar-refractivity contribution in [3.63, 3.8) is 0 Å². The molecule has 2 heterocycles. The number of rotatable bonds is 4. The zero-order valence-electron chi connectivity index (χ0n) is 13.0. The number of aromatic nitrogens is 1. The zero-order chi connectivity index (χ0) is 16.9. The first-order valence-corrected chi connectivity index (χ1v) is 8.44. The molecule has 1 aliphatic heterocycles. The van der Waals surface area contributed by atoms with Gasteiger partial charge in [-0.15, -0.1) is 0 Å². The van der Waals surface area contributed by atoms with Gasteiger partial charge in [-0.25, -0.2) is 9.37 Å². The molecule has 0 radical (unpaired) electrons. The van der Waals surface area contributed by atoms with Crippen LogP contribution in [0, 0.1) is 5.82 Å². The topological polar surface area (TPSA) is 54.5 Å². The first-order chi connectivity index (χ1) is 11.6. The van der Waals surface area contributed by atoms with Crippen LogP contribution in [0.4, 0.5) is 10.2 Å². The molecule has 1 aliphatic rings. The summed E-state index contributed by atoms with van der Waals surface area (Å²) < 4.78 is 19.8. The number of ether oxygens (including phenoxy) is 1. The smallest absolute Gasteiger partial charge is 0.254 e. The second-order valence-electron chi connectivity index (χ2n) is 5.39. The minimum atomic E-state index is -0.554. The maximum Gasteiger partial charge on any atom is 0.254 e. The van der Waals surface area contributed by atoms with E-state index in [0.717, 1.165) is 24.5 Å². The highest BCUT2D eigenvalue weighted by molar-refractivity contribution is 9.10. The predicted octanol–water partition coefficient (Wildman–Crippen LogP) is 2.75. The van der Waals surface area contributed by atoms with Gasteiger partial charge in [-0.2, -0.15) is 0 Å². The number of morpholine rings is 1. The summed E-state index contributed by atoms with van der Waals surface area (Å²) in [4.78, 5) is 18.8. The van der Waals surface area contributed by atoms with Crippen molar-refractivity contribution in [1.29, 1.82) is 0 Å². The third-order valence-electron chi connectivity index (χ3n) is 3.79. The Morgan fingerprint density at radius 3 is 2.88 bits per heavy atom. The van der Waals surface area contributed by atoms with Crippen LogP contribution in [-0.4, -0.2) is 37.2 Å². The molecule has 2 aromatic rings. The number of hydrogen-bond donors (Lipinski definition) is 1. The van der Waals surface area contributed by atoms with E-state index in [9.17, 15) is 9.18 Å². The molecular formula is C17H17BrFN3O2. The van der Waals surface area contributed by atoms with Gasteiger partial charge in [0.2, 0.25) is 0 Å². The van der Waals surface area contributed by atoms with E-state index in [4.69, 9.17) is 4.74 Å². The van der Waals surface area contributed by atoms with Crippen molar-refractivity contribution < 1.29 is 13.9 Å². The van der Waals surface area contributed by atoms with Gasteiger partial charge in [-0.1, -0.05) is 22.0 Å². The average Bonchev–Trinajstić information content (AvgIpc) is 2.61. The second-order valence-corrected chi connectivity index (χ2v) is 6.31. The lowest BCUT2D eigenvalue weighted by Crippen LogP contribution is -2.37. The predicted molar refractivity (Wildman–Crippen MR) is 92.5 cm³/mol. The molecule has 126 valence electrons. The molecule has 0 saturated carbocycles. The summed E-state index contributed by atoms with van der Waals surface area (Å²) in [6.07, 6.45) is 1.73. The minimum Gasteiger partial charge on any atom is -0.378 e. The maximum atomic E-state index is 13.9. The molecule has 1 fully saturated rings. The number of carbonyl (C=O) groups is 1. The summed E-state index contributed by atoms with van der Waals surface area (Å²) in [6.45, 7) is 3.13. The minimum absolute atomic E-state index is 0.0232. The number of nitrogens with zero attached hydrogens (tertiary/aromatic N) is 2. The van der Waals surface area contributed by atoms with Crippen molar-refractivity contribution in [1.82, 2.24) is 10.3 Å². The van der Waals surface area contributed by atoms with E-state index in [1.165, 1.54) is 12.1 Å². The third-order valence-corrected chi connectivity index (χ3v) is 4.29. The van der Waals surface area contributed by atoms with Gasteiger partial charge in [0.25, 0.3) is 5.91 Å². The number of halogens is 2. The Morgan fingerprint density at radius 1 is 1.33 bits per heavy atom. The van der Waals surface area contributed by atoms with Crippen LogP contribution in [-0.2, 0) is 11.3 Å². The van der Waals surface area contributed by atoms with Gasteiger partial charge < -0.3 is 15.0 Å². The molecule has 0 unspecified atom stereocenters. The molecule has 1 aromatic carbocycles. The van der Waals surface area contributed by atoms with Crippen LogP contribution in [0.3, 0.4) is 0 Å². The van der Waals surface area contributed by atoms with E-state index in [1.54, 1.807) is 12.3 Å². The number of nitrogens with one attached hydrogen (secondary N) is 1. The van der Waals surface area contributed by atoms with E-state index in [2.05, 4.69) is 31.1 Å². The van der Waals surface area contributed by atoms with Crippen molar-refractivity contribution in [3.05, 3.63) is 57.9 Å². The van der Waals surface area contributed by atoms with Crippen molar-refractivity contribution in [2.24, 2.45) is 0 Å². The van der Waals surface area contributed by atoms with Crippen molar-refractivity contribution in [3.8, 4) is 0 Å².